The fraction of sp³-hybridized carbons (Fsp3) is 0.200. The first-order valence-corrected chi connectivity index (χ1v) is 7.33. The Kier molecular flexibility index (Phi) is 3.39. The molecule has 0 unspecified atom stereocenters. The van der Waals surface area contributed by atoms with E-state index in [9.17, 15) is 4.79 Å². The molecule has 0 aromatic carbocycles. The standard InChI is InChI=1S/C15H14N4OS/c1-9-10(2)21-14-13(9)15(20)19(11(3)18-14)17-8-12-5-4-6-16-7-12/h4-8H,1-3H3/b17-8-. The van der Waals surface area contributed by atoms with E-state index in [1.54, 1.807) is 36.9 Å². The highest BCUT2D eigenvalue weighted by atomic mass is 32.1. The van der Waals surface area contributed by atoms with Gasteiger partial charge in [-0.25, -0.2) is 4.98 Å². The number of aromatic nitrogens is 3. The Morgan fingerprint density at radius 3 is 2.86 bits per heavy atom. The average Bonchev–Trinajstić information content (AvgIpc) is 2.74. The lowest BCUT2D eigenvalue weighted by atomic mass is 10.2. The van der Waals surface area contributed by atoms with Crippen LogP contribution in [-0.4, -0.2) is 20.9 Å². The Labute approximate surface area is 125 Å². The third-order valence-electron chi connectivity index (χ3n) is 3.35. The van der Waals surface area contributed by atoms with Crippen LogP contribution in [0.3, 0.4) is 0 Å². The van der Waals surface area contributed by atoms with Crippen molar-refractivity contribution in [2.45, 2.75) is 20.8 Å². The van der Waals surface area contributed by atoms with E-state index in [4.69, 9.17) is 0 Å². The third-order valence-corrected chi connectivity index (χ3v) is 4.45. The second-order valence-electron chi connectivity index (χ2n) is 4.77. The molecule has 0 radical (unpaired) electrons. The van der Waals surface area contributed by atoms with Gasteiger partial charge >= 0.3 is 0 Å². The quantitative estimate of drug-likeness (QED) is 0.683. The van der Waals surface area contributed by atoms with Crippen LogP contribution in [-0.2, 0) is 0 Å². The van der Waals surface area contributed by atoms with Gasteiger partial charge in [0.05, 0.1) is 11.6 Å². The van der Waals surface area contributed by atoms with E-state index >= 15 is 0 Å². The number of thiophene rings is 1. The Bertz CT molecular complexity index is 893. The second kappa shape index (κ2) is 5.21. The third kappa shape index (κ3) is 2.38. The van der Waals surface area contributed by atoms with Gasteiger partial charge < -0.3 is 0 Å². The molecule has 0 saturated heterocycles. The van der Waals surface area contributed by atoms with Crippen molar-refractivity contribution in [3.8, 4) is 0 Å². The van der Waals surface area contributed by atoms with E-state index in [1.807, 2.05) is 26.0 Å². The van der Waals surface area contributed by atoms with Crippen LogP contribution in [0.1, 0.15) is 21.8 Å². The van der Waals surface area contributed by atoms with Crippen LogP contribution in [0.25, 0.3) is 10.2 Å². The fourth-order valence-corrected chi connectivity index (χ4v) is 3.16. The molecule has 0 amide bonds. The van der Waals surface area contributed by atoms with Crippen LogP contribution in [0.4, 0.5) is 0 Å². The molecular weight excluding hydrogens is 284 g/mol. The van der Waals surface area contributed by atoms with Crippen LogP contribution >= 0.6 is 11.3 Å². The first-order valence-electron chi connectivity index (χ1n) is 6.51. The smallest absolute Gasteiger partial charge is 0.267 e. The zero-order valence-electron chi connectivity index (χ0n) is 12.0. The van der Waals surface area contributed by atoms with Gasteiger partial charge in [-0.2, -0.15) is 9.78 Å². The largest absolute Gasteiger partial charge is 0.283 e. The lowest BCUT2D eigenvalue weighted by Crippen LogP contribution is -2.20. The van der Waals surface area contributed by atoms with Gasteiger partial charge in [0.2, 0.25) is 0 Å². The Hall–Kier alpha value is -2.34. The lowest BCUT2D eigenvalue weighted by Gasteiger charge is -2.03. The highest BCUT2D eigenvalue weighted by Crippen LogP contribution is 2.26. The van der Waals surface area contributed by atoms with Crippen molar-refractivity contribution in [3.05, 3.63) is 56.7 Å². The summed E-state index contributed by atoms with van der Waals surface area (Å²) in [6.45, 7) is 5.73. The molecule has 0 bridgehead atoms. The van der Waals surface area contributed by atoms with Gasteiger partial charge in [0.25, 0.3) is 5.56 Å². The molecule has 0 aliphatic heterocycles. The van der Waals surface area contributed by atoms with Crippen molar-refractivity contribution in [2.24, 2.45) is 5.10 Å². The summed E-state index contributed by atoms with van der Waals surface area (Å²) in [6.07, 6.45) is 5.00. The zero-order valence-corrected chi connectivity index (χ0v) is 12.8. The molecule has 0 saturated carbocycles. The topological polar surface area (TPSA) is 60.1 Å². The molecule has 21 heavy (non-hydrogen) atoms. The monoisotopic (exact) mass is 298 g/mol. The first kappa shape index (κ1) is 13.6. The van der Waals surface area contributed by atoms with Gasteiger partial charge in [-0.3, -0.25) is 9.78 Å². The normalized spacial score (nSPS) is 11.6. The first-order chi connectivity index (χ1) is 10.1. The Morgan fingerprint density at radius 2 is 2.14 bits per heavy atom. The molecule has 6 heteroatoms. The maximum atomic E-state index is 12.6. The minimum Gasteiger partial charge on any atom is -0.267 e. The molecule has 3 aromatic heterocycles. The van der Waals surface area contributed by atoms with Gasteiger partial charge in [-0.05, 0) is 32.4 Å². The molecule has 0 fully saturated rings. The van der Waals surface area contributed by atoms with Crippen LogP contribution in [0, 0.1) is 20.8 Å². The van der Waals surface area contributed by atoms with E-state index in [2.05, 4.69) is 15.1 Å². The number of nitrogens with zero attached hydrogens (tertiary/aromatic N) is 4. The van der Waals surface area contributed by atoms with E-state index in [0.29, 0.717) is 11.2 Å². The van der Waals surface area contributed by atoms with Crippen molar-refractivity contribution >= 4 is 27.8 Å². The molecule has 0 atom stereocenters. The molecule has 3 heterocycles. The Morgan fingerprint density at radius 1 is 1.33 bits per heavy atom. The minimum atomic E-state index is -0.125. The van der Waals surface area contributed by atoms with E-state index in [-0.39, 0.29) is 5.56 Å². The predicted molar refractivity (Wildman–Crippen MR) is 85.3 cm³/mol. The maximum absolute atomic E-state index is 12.6. The molecule has 0 spiro atoms. The van der Waals surface area contributed by atoms with Crippen molar-refractivity contribution in [3.63, 3.8) is 0 Å². The number of pyridine rings is 1. The number of hydrogen-bond acceptors (Lipinski definition) is 5. The second-order valence-corrected chi connectivity index (χ2v) is 5.97. The fourth-order valence-electron chi connectivity index (χ4n) is 2.10. The molecule has 0 aliphatic rings. The van der Waals surface area contributed by atoms with E-state index < -0.39 is 0 Å². The number of rotatable bonds is 2. The summed E-state index contributed by atoms with van der Waals surface area (Å²) >= 11 is 1.54. The summed E-state index contributed by atoms with van der Waals surface area (Å²) in [6, 6.07) is 3.70. The maximum Gasteiger partial charge on any atom is 0.283 e. The van der Waals surface area contributed by atoms with E-state index in [1.165, 1.54) is 4.68 Å². The summed E-state index contributed by atoms with van der Waals surface area (Å²) in [5.41, 5.74) is 1.69. The minimum absolute atomic E-state index is 0.125. The number of hydrogen-bond donors (Lipinski definition) is 0. The van der Waals surface area contributed by atoms with Crippen molar-refractivity contribution in [2.75, 3.05) is 0 Å². The summed E-state index contributed by atoms with van der Waals surface area (Å²) in [5, 5.41) is 4.92. The molecular formula is C15H14N4OS. The average molecular weight is 298 g/mol. The molecule has 0 aliphatic carbocycles. The number of aryl methyl sites for hydroxylation is 3. The van der Waals surface area contributed by atoms with Gasteiger partial charge in [-0.15, -0.1) is 11.3 Å². The summed E-state index contributed by atoms with van der Waals surface area (Å²) in [4.78, 5) is 23.0. The van der Waals surface area contributed by atoms with Crippen molar-refractivity contribution in [1.82, 2.24) is 14.6 Å². The van der Waals surface area contributed by atoms with Gasteiger partial charge in [-0.1, -0.05) is 6.07 Å². The molecule has 106 valence electrons. The lowest BCUT2D eigenvalue weighted by molar-refractivity contribution is 0.772. The molecule has 3 rings (SSSR count). The summed E-state index contributed by atoms with van der Waals surface area (Å²) in [5.74, 6) is 0.578. The zero-order chi connectivity index (χ0) is 15.0. The number of fused-ring (bicyclic) bond motifs is 1. The van der Waals surface area contributed by atoms with Crippen LogP contribution < -0.4 is 5.56 Å². The van der Waals surface area contributed by atoms with Crippen LogP contribution in [0.5, 0.6) is 0 Å². The van der Waals surface area contributed by atoms with Crippen molar-refractivity contribution in [1.29, 1.82) is 0 Å². The van der Waals surface area contributed by atoms with Crippen molar-refractivity contribution < 1.29 is 0 Å². The summed E-state index contributed by atoms with van der Waals surface area (Å²) in [7, 11) is 0. The predicted octanol–water partition coefficient (Wildman–Crippen LogP) is 2.66. The Balaban J connectivity index is 2.17. The molecule has 5 nitrogen and oxygen atoms in total. The highest BCUT2D eigenvalue weighted by Gasteiger charge is 2.13. The van der Waals surface area contributed by atoms with Crippen LogP contribution in [0.15, 0.2) is 34.4 Å². The molecule has 0 N–H and O–H groups in total. The van der Waals surface area contributed by atoms with E-state index in [0.717, 1.165) is 20.8 Å². The molecule has 3 aromatic rings. The van der Waals surface area contributed by atoms with Gasteiger partial charge in [0, 0.05) is 22.8 Å². The summed E-state index contributed by atoms with van der Waals surface area (Å²) < 4.78 is 1.34. The highest BCUT2D eigenvalue weighted by molar-refractivity contribution is 7.18. The van der Waals surface area contributed by atoms with Gasteiger partial charge in [0.15, 0.2) is 0 Å². The van der Waals surface area contributed by atoms with Crippen LogP contribution in [0.2, 0.25) is 0 Å². The van der Waals surface area contributed by atoms with Gasteiger partial charge in [0.1, 0.15) is 10.7 Å². The SMILES string of the molecule is Cc1sc2nc(C)n(/N=C\c3cccnc3)c(=O)c2c1C.